The molecule has 1 aliphatic rings. The van der Waals surface area contributed by atoms with Gasteiger partial charge in [-0.05, 0) is 37.5 Å². The van der Waals surface area contributed by atoms with Crippen LogP contribution in [0.5, 0.6) is 0 Å². The zero-order valence-electron chi connectivity index (χ0n) is 13.6. The minimum Gasteiger partial charge on any atom is -0.357 e. The Morgan fingerprint density at radius 1 is 1.29 bits per heavy atom. The van der Waals surface area contributed by atoms with E-state index in [2.05, 4.69) is 36.9 Å². The Hall–Kier alpha value is -0.540. The first-order valence-corrected chi connectivity index (χ1v) is 9.01. The third-order valence-corrected chi connectivity index (χ3v) is 4.28. The van der Waals surface area contributed by atoms with E-state index >= 15 is 0 Å². The fourth-order valence-electron chi connectivity index (χ4n) is 2.01. The van der Waals surface area contributed by atoms with E-state index < -0.39 is 0 Å². The largest absolute Gasteiger partial charge is 0.357 e. The first-order chi connectivity index (χ1) is 11.1. The molecule has 0 bridgehead atoms. The van der Waals surface area contributed by atoms with Gasteiger partial charge in [0.15, 0.2) is 5.96 Å². The quantitative estimate of drug-likeness (QED) is 0.220. The lowest BCUT2D eigenvalue weighted by molar-refractivity contribution is -0.122. The number of nitrogens with zero attached hydrogens (tertiary/aromatic N) is 1. The Kier molecular flexibility index (Phi) is 9.99. The summed E-state index contributed by atoms with van der Waals surface area (Å²) >= 11 is 9.59. The van der Waals surface area contributed by atoms with Crippen LogP contribution in [0.15, 0.2) is 27.7 Å². The molecule has 0 radical (unpaired) electrons. The van der Waals surface area contributed by atoms with E-state index in [-0.39, 0.29) is 35.8 Å². The van der Waals surface area contributed by atoms with Crippen LogP contribution in [0.1, 0.15) is 25.3 Å². The van der Waals surface area contributed by atoms with E-state index in [0.717, 1.165) is 29.4 Å². The summed E-state index contributed by atoms with van der Waals surface area (Å²) in [5, 5.41) is 10.0. The highest BCUT2D eigenvalue weighted by atomic mass is 127. The smallest absolute Gasteiger partial charge is 0.223 e. The molecule has 2 rings (SSSR count). The summed E-state index contributed by atoms with van der Waals surface area (Å²) in [6.45, 7) is 4.51. The molecule has 24 heavy (non-hydrogen) atoms. The lowest BCUT2D eigenvalue weighted by Crippen LogP contribution is -2.41. The average Bonchev–Trinajstić information content (AvgIpc) is 3.35. The number of amides is 1. The summed E-state index contributed by atoms with van der Waals surface area (Å²) in [7, 11) is 0. The van der Waals surface area contributed by atoms with Crippen molar-refractivity contribution in [1.82, 2.24) is 16.0 Å². The van der Waals surface area contributed by atoms with Crippen molar-refractivity contribution >= 4 is 63.4 Å². The van der Waals surface area contributed by atoms with Crippen LogP contribution in [0.2, 0.25) is 5.02 Å². The van der Waals surface area contributed by atoms with Gasteiger partial charge in [-0.2, -0.15) is 0 Å². The molecule has 1 saturated carbocycles. The maximum Gasteiger partial charge on any atom is 0.223 e. The molecule has 1 fully saturated rings. The minimum absolute atomic E-state index is 0. The molecule has 0 aliphatic heterocycles. The van der Waals surface area contributed by atoms with Crippen molar-refractivity contribution in [2.75, 3.05) is 19.6 Å². The van der Waals surface area contributed by atoms with E-state index in [1.54, 1.807) is 0 Å². The van der Waals surface area contributed by atoms with Gasteiger partial charge in [-0.3, -0.25) is 4.79 Å². The van der Waals surface area contributed by atoms with E-state index in [0.29, 0.717) is 30.6 Å². The summed E-state index contributed by atoms with van der Waals surface area (Å²) < 4.78 is 0.951. The highest BCUT2D eigenvalue weighted by Crippen LogP contribution is 2.28. The summed E-state index contributed by atoms with van der Waals surface area (Å²) in [4.78, 5) is 16.1. The summed E-state index contributed by atoms with van der Waals surface area (Å²) in [5.41, 5.74) is 0.967. The van der Waals surface area contributed by atoms with Gasteiger partial charge in [-0.15, -0.1) is 24.0 Å². The third-order valence-electron chi connectivity index (χ3n) is 3.43. The zero-order chi connectivity index (χ0) is 16.7. The summed E-state index contributed by atoms with van der Waals surface area (Å²) in [6.07, 6.45) is 2.05. The van der Waals surface area contributed by atoms with Gasteiger partial charge in [0.1, 0.15) is 0 Å². The minimum atomic E-state index is 0. The number of nitrogens with one attached hydrogen (secondary N) is 3. The third kappa shape index (κ3) is 7.57. The SMILES string of the molecule is CCNC(=NCc1ccc(Br)cc1Cl)NCCNC(=O)C1CC1.I. The number of carbonyl (C=O) groups is 1. The molecule has 0 heterocycles. The van der Waals surface area contributed by atoms with Crippen LogP contribution >= 0.6 is 51.5 Å². The van der Waals surface area contributed by atoms with Crippen LogP contribution in [0.25, 0.3) is 0 Å². The number of guanidine groups is 1. The van der Waals surface area contributed by atoms with Crippen LogP contribution in [0.4, 0.5) is 0 Å². The van der Waals surface area contributed by atoms with Gasteiger partial charge in [-0.25, -0.2) is 4.99 Å². The number of aliphatic imine (C=N–C) groups is 1. The maximum absolute atomic E-state index is 11.5. The Labute approximate surface area is 173 Å². The maximum atomic E-state index is 11.5. The van der Waals surface area contributed by atoms with Crippen molar-refractivity contribution in [3.05, 3.63) is 33.3 Å². The topological polar surface area (TPSA) is 65.5 Å². The van der Waals surface area contributed by atoms with Crippen LogP contribution in [0, 0.1) is 5.92 Å². The summed E-state index contributed by atoms with van der Waals surface area (Å²) in [5.74, 6) is 1.12. The number of hydrogen-bond donors (Lipinski definition) is 3. The van der Waals surface area contributed by atoms with E-state index in [4.69, 9.17) is 11.6 Å². The van der Waals surface area contributed by atoms with Gasteiger partial charge in [0, 0.05) is 35.0 Å². The van der Waals surface area contributed by atoms with Gasteiger partial charge in [0.2, 0.25) is 5.91 Å². The molecule has 3 N–H and O–H groups in total. The monoisotopic (exact) mass is 528 g/mol. The fraction of sp³-hybridized carbons (Fsp3) is 0.500. The number of rotatable bonds is 7. The van der Waals surface area contributed by atoms with Crippen molar-refractivity contribution in [3.63, 3.8) is 0 Å². The number of halogens is 3. The van der Waals surface area contributed by atoms with Crippen LogP contribution < -0.4 is 16.0 Å². The Bertz CT molecular complexity index is 581. The molecular formula is C16H23BrClIN4O. The van der Waals surface area contributed by atoms with Crippen molar-refractivity contribution in [2.45, 2.75) is 26.3 Å². The molecule has 8 heteroatoms. The van der Waals surface area contributed by atoms with Gasteiger partial charge in [0.25, 0.3) is 0 Å². The molecule has 5 nitrogen and oxygen atoms in total. The standard InChI is InChI=1S/C16H22BrClN4O.HI/c1-2-19-16(21-8-7-20-15(23)11-3-4-11)22-10-12-5-6-13(17)9-14(12)18;/h5-6,9,11H,2-4,7-8,10H2,1H3,(H,20,23)(H2,19,21,22);1H. The van der Waals surface area contributed by atoms with Gasteiger partial charge in [0.05, 0.1) is 6.54 Å². The highest BCUT2D eigenvalue weighted by molar-refractivity contribution is 14.0. The number of benzene rings is 1. The first kappa shape index (κ1) is 21.5. The van der Waals surface area contributed by atoms with E-state index in [9.17, 15) is 4.79 Å². The van der Waals surface area contributed by atoms with Crippen LogP contribution in [-0.4, -0.2) is 31.5 Å². The predicted octanol–water partition coefficient (Wildman–Crippen LogP) is 3.30. The Morgan fingerprint density at radius 3 is 2.62 bits per heavy atom. The highest BCUT2D eigenvalue weighted by Gasteiger charge is 2.28. The number of carbonyl (C=O) groups excluding carboxylic acids is 1. The van der Waals surface area contributed by atoms with Crippen LogP contribution in [0.3, 0.4) is 0 Å². The van der Waals surface area contributed by atoms with Gasteiger partial charge < -0.3 is 16.0 Å². The van der Waals surface area contributed by atoms with Gasteiger partial charge in [-0.1, -0.05) is 33.6 Å². The van der Waals surface area contributed by atoms with Crippen molar-refractivity contribution in [2.24, 2.45) is 10.9 Å². The van der Waals surface area contributed by atoms with Crippen molar-refractivity contribution in [1.29, 1.82) is 0 Å². The molecule has 0 unspecified atom stereocenters. The van der Waals surface area contributed by atoms with E-state index in [1.807, 2.05) is 25.1 Å². The fourth-order valence-corrected chi connectivity index (χ4v) is 2.75. The number of hydrogen-bond acceptors (Lipinski definition) is 2. The summed E-state index contributed by atoms with van der Waals surface area (Å²) in [6, 6.07) is 5.76. The molecule has 1 amide bonds. The normalized spacial score (nSPS) is 13.9. The zero-order valence-corrected chi connectivity index (χ0v) is 18.2. The molecule has 134 valence electrons. The second-order valence-electron chi connectivity index (χ2n) is 5.42. The van der Waals surface area contributed by atoms with E-state index in [1.165, 1.54) is 0 Å². The first-order valence-electron chi connectivity index (χ1n) is 7.84. The van der Waals surface area contributed by atoms with Crippen LogP contribution in [-0.2, 0) is 11.3 Å². The molecule has 1 aromatic rings. The lowest BCUT2D eigenvalue weighted by atomic mass is 10.2. The predicted molar refractivity (Wildman–Crippen MR) is 113 cm³/mol. The molecule has 1 aromatic carbocycles. The van der Waals surface area contributed by atoms with Crippen molar-refractivity contribution in [3.8, 4) is 0 Å². The molecule has 1 aliphatic carbocycles. The molecule has 0 aromatic heterocycles. The second-order valence-corrected chi connectivity index (χ2v) is 6.75. The molecule has 0 atom stereocenters. The van der Waals surface area contributed by atoms with Crippen molar-refractivity contribution < 1.29 is 4.79 Å². The lowest BCUT2D eigenvalue weighted by Gasteiger charge is -2.12. The molecular weight excluding hydrogens is 506 g/mol. The molecule has 0 spiro atoms. The second kappa shape index (κ2) is 11.1. The Balaban J connectivity index is 0.00000288. The van der Waals surface area contributed by atoms with Gasteiger partial charge >= 0.3 is 0 Å². The Morgan fingerprint density at radius 2 is 2.00 bits per heavy atom. The molecule has 0 saturated heterocycles. The average molecular weight is 530 g/mol.